The van der Waals surface area contributed by atoms with Crippen molar-refractivity contribution in [1.82, 2.24) is 20.4 Å². The molecule has 1 rings (SSSR count). The summed E-state index contributed by atoms with van der Waals surface area (Å²) < 4.78 is 10.7. The van der Waals surface area contributed by atoms with Gasteiger partial charge in [-0.15, -0.1) is 0 Å². The summed E-state index contributed by atoms with van der Waals surface area (Å²) >= 11 is 0. The number of carbonyl (C=O) groups excluding carboxylic acids is 1. The highest BCUT2D eigenvalue weighted by Crippen LogP contribution is 2.20. The second kappa shape index (κ2) is 12.8. The number of rotatable bonds is 9. The number of carbonyl (C=O) groups is 1. The molecule has 0 aromatic carbocycles. The van der Waals surface area contributed by atoms with Crippen molar-refractivity contribution >= 4 is 12.1 Å². The molecule has 1 atom stereocenters. The SMILES string of the molecule is CN=C(NCCN(C)CCCOC)NCC1CCCCN1C(=O)OC(C)(C)C. The van der Waals surface area contributed by atoms with E-state index in [4.69, 9.17) is 9.47 Å². The van der Waals surface area contributed by atoms with Gasteiger partial charge >= 0.3 is 6.09 Å². The van der Waals surface area contributed by atoms with Crippen molar-refractivity contribution in [2.45, 2.75) is 58.1 Å². The second-order valence-electron chi connectivity index (χ2n) is 8.35. The Morgan fingerprint density at radius 3 is 2.64 bits per heavy atom. The van der Waals surface area contributed by atoms with Gasteiger partial charge in [-0.05, 0) is 53.5 Å². The zero-order valence-electron chi connectivity index (χ0n) is 18.7. The number of aliphatic imine (C=N–C) groups is 1. The summed E-state index contributed by atoms with van der Waals surface area (Å²) in [5.41, 5.74) is -0.473. The van der Waals surface area contributed by atoms with Gasteiger partial charge in [0.15, 0.2) is 5.96 Å². The van der Waals surface area contributed by atoms with Gasteiger partial charge in [-0.1, -0.05) is 0 Å². The Kier molecular flexibility index (Phi) is 11.2. The molecule has 1 fully saturated rings. The van der Waals surface area contributed by atoms with Crippen LogP contribution >= 0.6 is 0 Å². The van der Waals surface area contributed by atoms with Gasteiger partial charge in [-0.25, -0.2) is 4.79 Å². The highest BCUT2D eigenvalue weighted by Gasteiger charge is 2.30. The largest absolute Gasteiger partial charge is 0.444 e. The van der Waals surface area contributed by atoms with Gasteiger partial charge in [0.2, 0.25) is 0 Å². The fourth-order valence-corrected chi connectivity index (χ4v) is 3.16. The summed E-state index contributed by atoms with van der Waals surface area (Å²) in [6.07, 6.45) is 3.94. The predicted octanol–water partition coefficient (Wildman–Crippen LogP) is 1.91. The van der Waals surface area contributed by atoms with Crippen LogP contribution in [0.2, 0.25) is 0 Å². The molecule has 0 bridgehead atoms. The Bertz CT molecular complexity index is 479. The molecule has 0 spiro atoms. The van der Waals surface area contributed by atoms with Crippen LogP contribution in [0.3, 0.4) is 0 Å². The minimum Gasteiger partial charge on any atom is -0.444 e. The van der Waals surface area contributed by atoms with Gasteiger partial charge in [-0.2, -0.15) is 0 Å². The van der Waals surface area contributed by atoms with Gasteiger partial charge in [0.05, 0.1) is 6.04 Å². The van der Waals surface area contributed by atoms with E-state index >= 15 is 0 Å². The van der Waals surface area contributed by atoms with E-state index in [2.05, 4.69) is 27.6 Å². The van der Waals surface area contributed by atoms with Gasteiger partial charge in [0.1, 0.15) is 5.60 Å². The Hall–Kier alpha value is -1.54. The molecule has 1 amide bonds. The van der Waals surface area contributed by atoms with E-state index in [0.29, 0.717) is 6.54 Å². The molecule has 0 aromatic heterocycles. The number of methoxy groups -OCH3 is 1. The van der Waals surface area contributed by atoms with Crippen LogP contribution in [0.25, 0.3) is 0 Å². The summed E-state index contributed by atoms with van der Waals surface area (Å²) in [6.45, 7) is 10.7. The molecule has 164 valence electrons. The van der Waals surface area contributed by atoms with E-state index in [1.54, 1.807) is 14.2 Å². The molecular formula is C20H41N5O3. The Labute approximate surface area is 171 Å². The van der Waals surface area contributed by atoms with E-state index < -0.39 is 5.60 Å². The van der Waals surface area contributed by atoms with Crippen LogP contribution in [0.15, 0.2) is 4.99 Å². The number of nitrogens with one attached hydrogen (secondary N) is 2. The zero-order valence-corrected chi connectivity index (χ0v) is 18.7. The third-order valence-electron chi connectivity index (χ3n) is 4.66. The lowest BCUT2D eigenvalue weighted by Gasteiger charge is -2.37. The van der Waals surface area contributed by atoms with Crippen LogP contribution in [-0.4, -0.2) is 94.0 Å². The first-order valence-electron chi connectivity index (χ1n) is 10.4. The van der Waals surface area contributed by atoms with Crippen molar-refractivity contribution in [3.8, 4) is 0 Å². The fourth-order valence-electron chi connectivity index (χ4n) is 3.16. The molecule has 0 aromatic rings. The normalized spacial score (nSPS) is 18.3. The molecule has 1 aliphatic heterocycles. The van der Waals surface area contributed by atoms with Crippen molar-refractivity contribution in [2.24, 2.45) is 4.99 Å². The molecule has 8 nitrogen and oxygen atoms in total. The molecule has 1 unspecified atom stereocenters. The third kappa shape index (κ3) is 10.1. The molecule has 1 heterocycles. The van der Waals surface area contributed by atoms with Crippen molar-refractivity contribution in [1.29, 1.82) is 0 Å². The summed E-state index contributed by atoms with van der Waals surface area (Å²) in [6, 6.07) is 0.124. The maximum Gasteiger partial charge on any atom is 0.410 e. The molecule has 0 radical (unpaired) electrons. The van der Waals surface area contributed by atoms with Crippen molar-refractivity contribution in [2.75, 3.05) is 60.5 Å². The summed E-state index contributed by atoms with van der Waals surface area (Å²) in [4.78, 5) is 20.9. The number of hydrogen-bond donors (Lipinski definition) is 2. The lowest BCUT2D eigenvalue weighted by Crippen LogP contribution is -2.52. The lowest BCUT2D eigenvalue weighted by atomic mass is 10.0. The highest BCUT2D eigenvalue weighted by atomic mass is 16.6. The minimum atomic E-state index is -0.473. The maximum atomic E-state index is 12.5. The maximum absolute atomic E-state index is 12.5. The van der Waals surface area contributed by atoms with Crippen LogP contribution in [-0.2, 0) is 9.47 Å². The Balaban J connectivity index is 2.40. The number of likely N-dealkylation sites (N-methyl/N-ethyl adjacent to an activating group) is 1. The first-order chi connectivity index (χ1) is 13.3. The molecule has 2 N–H and O–H groups in total. The molecule has 0 aliphatic carbocycles. The van der Waals surface area contributed by atoms with Crippen LogP contribution in [0.5, 0.6) is 0 Å². The zero-order chi connectivity index (χ0) is 21.0. The summed E-state index contributed by atoms with van der Waals surface area (Å²) in [7, 11) is 5.60. The second-order valence-corrected chi connectivity index (χ2v) is 8.35. The summed E-state index contributed by atoms with van der Waals surface area (Å²) in [5.74, 6) is 0.764. The van der Waals surface area contributed by atoms with E-state index in [-0.39, 0.29) is 12.1 Å². The van der Waals surface area contributed by atoms with Crippen LogP contribution < -0.4 is 10.6 Å². The van der Waals surface area contributed by atoms with E-state index in [1.165, 1.54) is 0 Å². The van der Waals surface area contributed by atoms with Gasteiger partial charge in [-0.3, -0.25) is 4.99 Å². The number of ether oxygens (including phenoxy) is 2. The van der Waals surface area contributed by atoms with E-state index in [9.17, 15) is 4.79 Å². The lowest BCUT2D eigenvalue weighted by molar-refractivity contribution is 0.0104. The number of guanidine groups is 1. The molecule has 1 aliphatic rings. The van der Waals surface area contributed by atoms with Gasteiger partial charge in [0, 0.05) is 53.5 Å². The first-order valence-corrected chi connectivity index (χ1v) is 10.4. The van der Waals surface area contributed by atoms with Crippen molar-refractivity contribution < 1.29 is 14.3 Å². The molecule has 8 heteroatoms. The van der Waals surface area contributed by atoms with E-state index in [1.807, 2.05) is 25.7 Å². The monoisotopic (exact) mass is 399 g/mol. The standard InChI is InChI=1S/C20H41N5O3/c1-20(2,3)28-19(26)25-13-8-7-10-17(25)16-23-18(21-4)22-11-14-24(5)12-9-15-27-6/h17H,7-16H2,1-6H3,(H2,21,22,23). The minimum absolute atomic E-state index is 0.124. The number of hydrogen-bond acceptors (Lipinski definition) is 5. The molecule has 1 saturated heterocycles. The number of nitrogens with zero attached hydrogens (tertiary/aromatic N) is 3. The molecular weight excluding hydrogens is 358 g/mol. The quantitative estimate of drug-likeness (QED) is 0.350. The van der Waals surface area contributed by atoms with E-state index in [0.717, 1.165) is 64.4 Å². The third-order valence-corrected chi connectivity index (χ3v) is 4.66. The topological polar surface area (TPSA) is 78.4 Å². The van der Waals surface area contributed by atoms with Gasteiger partial charge < -0.3 is 29.9 Å². The Morgan fingerprint density at radius 2 is 2.00 bits per heavy atom. The summed E-state index contributed by atoms with van der Waals surface area (Å²) in [5, 5.41) is 6.71. The molecule has 0 saturated carbocycles. The van der Waals surface area contributed by atoms with Crippen molar-refractivity contribution in [3.63, 3.8) is 0 Å². The fraction of sp³-hybridized carbons (Fsp3) is 0.900. The molecule has 28 heavy (non-hydrogen) atoms. The van der Waals surface area contributed by atoms with Crippen molar-refractivity contribution in [3.05, 3.63) is 0 Å². The first kappa shape index (κ1) is 24.5. The smallest absolute Gasteiger partial charge is 0.410 e. The predicted molar refractivity (Wildman–Crippen MR) is 114 cm³/mol. The number of piperidine rings is 1. The number of amides is 1. The average Bonchev–Trinajstić information content (AvgIpc) is 2.63. The van der Waals surface area contributed by atoms with Crippen LogP contribution in [0.1, 0.15) is 46.5 Å². The number of likely N-dealkylation sites (tertiary alicyclic amines) is 1. The Morgan fingerprint density at radius 1 is 1.25 bits per heavy atom. The highest BCUT2D eigenvalue weighted by molar-refractivity contribution is 5.79. The van der Waals surface area contributed by atoms with Gasteiger partial charge in [0.25, 0.3) is 0 Å². The average molecular weight is 400 g/mol. The van der Waals surface area contributed by atoms with Crippen LogP contribution in [0.4, 0.5) is 4.79 Å². The van der Waals surface area contributed by atoms with Crippen LogP contribution in [0, 0.1) is 0 Å².